The van der Waals surface area contributed by atoms with E-state index in [1.54, 1.807) is 0 Å². The van der Waals surface area contributed by atoms with Crippen molar-refractivity contribution >= 4 is 15.9 Å². The fourth-order valence-electron chi connectivity index (χ4n) is 1.78. The average Bonchev–Trinajstić information content (AvgIpc) is 2.28. The zero-order valence-electron chi connectivity index (χ0n) is 6.97. The van der Waals surface area contributed by atoms with E-state index in [4.69, 9.17) is 0 Å². The van der Waals surface area contributed by atoms with Crippen molar-refractivity contribution in [3.8, 4) is 0 Å². The Balaban J connectivity index is 2.57. The second-order valence-corrected chi connectivity index (χ2v) is 4.49. The molecule has 1 N–H and O–H groups in total. The molecular formula is C10H11BrO. The Bertz CT molecular complexity index is 318. The summed E-state index contributed by atoms with van der Waals surface area (Å²) >= 11 is 3.41. The van der Waals surface area contributed by atoms with E-state index in [0.29, 0.717) is 0 Å². The van der Waals surface area contributed by atoms with Gasteiger partial charge in [-0.3, -0.25) is 0 Å². The van der Waals surface area contributed by atoms with Gasteiger partial charge in [0.15, 0.2) is 0 Å². The van der Waals surface area contributed by atoms with Crippen LogP contribution in [0.1, 0.15) is 24.5 Å². The van der Waals surface area contributed by atoms with Gasteiger partial charge in [-0.05, 0) is 43.0 Å². The van der Waals surface area contributed by atoms with Crippen LogP contribution in [0.25, 0.3) is 0 Å². The van der Waals surface area contributed by atoms with Gasteiger partial charge >= 0.3 is 0 Å². The number of benzene rings is 1. The van der Waals surface area contributed by atoms with Crippen LogP contribution in [-0.2, 0) is 12.0 Å². The number of halogens is 1. The summed E-state index contributed by atoms with van der Waals surface area (Å²) in [5.41, 5.74) is 1.75. The maximum absolute atomic E-state index is 9.95. The Kier molecular flexibility index (Phi) is 1.77. The van der Waals surface area contributed by atoms with Gasteiger partial charge < -0.3 is 5.11 Å². The minimum atomic E-state index is -0.612. The first-order valence-corrected chi connectivity index (χ1v) is 4.90. The summed E-state index contributed by atoms with van der Waals surface area (Å²) in [4.78, 5) is 0. The predicted molar refractivity (Wildman–Crippen MR) is 52.0 cm³/mol. The van der Waals surface area contributed by atoms with E-state index in [9.17, 15) is 5.11 Å². The number of fused-ring (bicyclic) bond motifs is 1. The molecule has 0 aliphatic heterocycles. The molecule has 1 nitrogen and oxygen atoms in total. The molecule has 2 heteroatoms. The Morgan fingerprint density at radius 1 is 1.50 bits per heavy atom. The highest BCUT2D eigenvalue weighted by Crippen LogP contribution is 2.37. The standard InChI is InChI=1S/C10H11BrO/c1-10(12)5-4-7-2-3-8(11)6-9(7)10/h2-3,6,12H,4-5H2,1H3. The van der Waals surface area contributed by atoms with Gasteiger partial charge in [0.1, 0.15) is 0 Å². The normalized spacial score (nSPS) is 27.2. The molecule has 1 aliphatic rings. The van der Waals surface area contributed by atoms with Crippen molar-refractivity contribution in [2.75, 3.05) is 0 Å². The highest BCUT2D eigenvalue weighted by atomic mass is 79.9. The van der Waals surface area contributed by atoms with Gasteiger partial charge in [-0.25, -0.2) is 0 Å². The molecule has 0 bridgehead atoms. The summed E-state index contributed by atoms with van der Waals surface area (Å²) < 4.78 is 1.04. The molecule has 1 aliphatic carbocycles. The van der Waals surface area contributed by atoms with Crippen LogP contribution >= 0.6 is 15.9 Å². The lowest BCUT2D eigenvalue weighted by Crippen LogP contribution is -2.16. The summed E-state index contributed by atoms with van der Waals surface area (Å²) in [6.07, 6.45) is 1.84. The van der Waals surface area contributed by atoms with Crippen molar-refractivity contribution in [1.29, 1.82) is 0 Å². The first kappa shape index (κ1) is 8.27. The van der Waals surface area contributed by atoms with Gasteiger partial charge in [0, 0.05) is 4.47 Å². The Labute approximate surface area is 80.5 Å². The predicted octanol–water partition coefficient (Wildman–Crippen LogP) is 2.60. The number of aliphatic hydroxyl groups is 1. The Morgan fingerprint density at radius 2 is 2.25 bits per heavy atom. The van der Waals surface area contributed by atoms with Crippen molar-refractivity contribution < 1.29 is 5.11 Å². The summed E-state index contributed by atoms with van der Waals surface area (Å²) in [7, 11) is 0. The maximum Gasteiger partial charge on any atom is 0.0874 e. The molecule has 0 aromatic heterocycles. The zero-order chi connectivity index (χ0) is 8.77. The van der Waals surface area contributed by atoms with E-state index in [-0.39, 0.29) is 0 Å². The summed E-state index contributed by atoms with van der Waals surface area (Å²) in [5, 5.41) is 9.95. The third-order valence-electron chi connectivity index (χ3n) is 2.53. The second kappa shape index (κ2) is 2.57. The minimum Gasteiger partial charge on any atom is -0.385 e. The molecule has 1 aromatic rings. The molecule has 0 amide bonds. The van der Waals surface area contributed by atoms with Crippen molar-refractivity contribution in [1.82, 2.24) is 0 Å². The van der Waals surface area contributed by atoms with Crippen molar-refractivity contribution in [3.05, 3.63) is 33.8 Å². The lowest BCUT2D eigenvalue weighted by Gasteiger charge is -2.17. The summed E-state index contributed by atoms with van der Waals surface area (Å²) in [6.45, 7) is 1.88. The smallest absolute Gasteiger partial charge is 0.0874 e. The molecular weight excluding hydrogens is 216 g/mol. The van der Waals surface area contributed by atoms with Crippen molar-refractivity contribution in [2.45, 2.75) is 25.4 Å². The molecule has 0 heterocycles. The number of hydrogen-bond acceptors (Lipinski definition) is 1. The van der Waals surface area contributed by atoms with Crippen LogP contribution in [0, 0.1) is 0 Å². The number of hydrogen-bond donors (Lipinski definition) is 1. The van der Waals surface area contributed by atoms with Crippen LogP contribution in [0.4, 0.5) is 0 Å². The van der Waals surface area contributed by atoms with E-state index in [0.717, 1.165) is 22.9 Å². The van der Waals surface area contributed by atoms with E-state index in [2.05, 4.69) is 22.0 Å². The van der Waals surface area contributed by atoms with Crippen molar-refractivity contribution in [3.63, 3.8) is 0 Å². The Hall–Kier alpha value is -0.340. The zero-order valence-corrected chi connectivity index (χ0v) is 8.56. The van der Waals surface area contributed by atoms with Gasteiger partial charge in [-0.2, -0.15) is 0 Å². The van der Waals surface area contributed by atoms with Gasteiger partial charge in [0.25, 0.3) is 0 Å². The van der Waals surface area contributed by atoms with E-state index in [1.165, 1.54) is 5.56 Å². The minimum absolute atomic E-state index is 0.612. The highest BCUT2D eigenvalue weighted by molar-refractivity contribution is 9.10. The molecule has 64 valence electrons. The summed E-state index contributed by atoms with van der Waals surface area (Å²) in [6, 6.07) is 6.13. The Morgan fingerprint density at radius 3 is 3.00 bits per heavy atom. The quantitative estimate of drug-likeness (QED) is 0.722. The van der Waals surface area contributed by atoms with Gasteiger partial charge in [-0.1, -0.05) is 22.0 Å². The summed E-state index contributed by atoms with van der Waals surface area (Å²) in [5.74, 6) is 0. The van der Waals surface area contributed by atoms with Crippen molar-refractivity contribution in [2.24, 2.45) is 0 Å². The molecule has 0 radical (unpaired) electrons. The highest BCUT2D eigenvalue weighted by Gasteiger charge is 2.31. The third kappa shape index (κ3) is 1.19. The molecule has 1 aromatic carbocycles. The molecule has 1 atom stereocenters. The molecule has 12 heavy (non-hydrogen) atoms. The largest absolute Gasteiger partial charge is 0.385 e. The van der Waals surface area contributed by atoms with Gasteiger partial charge in [-0.15, -0.1) is 0 Å². The van der Waals surface area contributed by atoms with Crippen LogP contribution in [0.2, 0.25) is 0 Å². The third-order valence-corrected chi connectivity index (χ3v) is 3.03. The monoisotopic (exact) mass is 226 g/mol. The van der Waals surface area contributed by atoms with Crippen LogP contribution in [0.5, 0.6) is 0 Å². The lowest BCUT2D eigenvalue weighted by molar-refractivity contribution is 0.0594. The van der Waals surface area contributed by atoms with Gasteiger partial charge in [0.05, 0.1) is 5.60 Å². The fourth-order valence-corrected chi connectivity index (χ4v) is 2.14. The second-order valence-electron chi connectivity index (χ2n) is 3.58. The van der Waals surface area contributed by atoms with E-state index >= 15 is 0 Å². The topological polar surface area (TPSA) is 20.2 Å². The molecule has 0 fully saturated rings. The van der Waals surface area contributed by atoms with Crippen LogP contribution < -0.4 is 0 Å². The number of rotatable bonds is 0. The molecule has 0 spiro atoms. The van der Waals surface area contributed by atoms with E-state index < -0.39 is 5.60 Å². The molecule has 2 rings (SSSR count). The van der Waals surface area contributed by atoms with Crippen LogP contribution in [0.15, 0.2) is 22.7 Å². The maximum atomic E-state index is 9.95. The SMILES string of the molecule is CC1(O)CCc2ccc(Br)cc21. The molecule has 0 saturated heterocycles. The first-order chi connectivity index (χ1) is 5.59. The van der Waals surface area contributed by atoms with Crippen LogP contribution in [0.3, 0.4) is 0 Å². The average molecular weight is 227 g/mol. The first-order valence-electron chi connectivity index (χ1n) is 4.11. The number of aryl methyl sites for hydroxylation is 1. The van der Waals surface area contributed by atoms with E-state index in [1.807, 2.05) is 19.1 Å². The van der Waals surface area contributed by atoms with Crippen LogP contribution in [-0.4, -0.2) is 5.11 Å². The fraction of sp³-hybridized carbons (Fsp3) is 0.400. The van der Waals surface area contributed by atoms with Gasteiger partial charge in [0.2, 0.25) is 0 Å². The molecule has 1 unspecified atom stereocenters. The lowest BCUT2D eigenvalue weighted by atomic mass is 9.99. The molecule has 0 saturated carbocycles.